The Morgan fingerprint density at radius 2 is 1.77 bits per heavy atom. The minimum Gasteiger partial charge on any atom is -0.488 e. The molecule has 0 heterocycles. The molecule has 4 heteroatoms. The zero-order valence-corrected chi connectivity index (χ0v) is 15.5. The molecule has 0 radical (unpaired) electrons. The Bertz CT molecular complexity index is 923. The highest BCUT2D eigenvalue weighted by molar-refractivity contribution is 6.31. The number of carbonyl (C=O) groups is 1. The second kappa shape index (κ2) is 8.07. The number of nitrogens with one attached hydrogen (secondary N) is 1. The summed E-state index contributed by atoms with van der Waals surface area (Å²) in [6, 6.07) is 20.8. The quantitative estimate of drug-likeness (QED) is 0.621. The Morgan fingerprint density at radius 1 is 1.00 bits per heavy atom. The summed E-state index contributed by atoms with van der Waals surface area (Å²) in [5, 5.41) is 3.44. The largest absolute Gasteiger partial charge is 0.488 e. The lowest BCUT2D eigenvalue weighted by Gasteiger charge is -2.14. The Kier molecular flexibility index (Phi) is 5.59. The molecule has 0 aliphatic heterocycles. The molecular formula is C22H20ClNO2. The maximum absolute atomic E-state index is 12.8. The van der Waals surface area contributed by atoms with Gasteiger partial charge in [0.15, 0.2) is 0 Å². The fourth-order valence-corrected chi connectivity index (χ4v) is 2.77. The molecule has 3 rings (SSSR count). The molecule has 1 amide bonds. The summed E-state index contributed by atoms with van der Waals surface area (Å²) in [6.45, 7) is 4.33. The van der Waals surface area contributed by atoms with Gasteiger partial charge < -0.3 is 10.1 Å². The summed E-state index contributed by atoms with van der Waals surface area (Å²) in [5.41, 5.74) is 4.30. The first-order valence-corrected chi connectivity index (χ1v) is 8.75. The van der Waals surface area contributed by atoms with Crippen molar-refractivity contribution in [3.63, 3.8) is 0 Å². The highest BCUT2D eigenvalue weighted by Gasteiger charge is 2.15. The highest BCUT2D eigenvalue weighted by atomic mass is 35.5. The second-order valence-corrected chi connectivity index (χ2v) is 6.62. The van der Waals surface area contributed by atoms with Gasteiger partial charge in [-0.1, -0.05) is 54.1 Å². The van der Waals surface area contributed by atoms with Crippen LogP contribution in [0.25, 0.3) is 0 Å². The summed E-state index contributed by atoms with van der Waals surface area (Å²) in [4.78, 5) is 12.8. The monoisotopic (exact) mass is 365 g/mol. The molecule has 0 bridgehead atoms. The van der Waals surface area contributed by atoms with Crippen LogP contribution in [0.4, 0.5) is 5.69 Å². The van der Waals surface area contributed by atoms with Crippen molar-refractivity contribution in [1.29, 1.82) is 0 Å². The van der Waals surface area contributed by atoms with Gasteiger partial charge in [0, 0.05) is 10.7 Å². The van der Waals surface area contributed by atoms with Crippen LogP contribution in [0.3, 0.4) is 0 Å². The number of anilines is 1. The van der Waals surface area contributed by atoms with Crippen molar-refractivity contribution in [1.82, 2.24) is 0 Å². The van der Waals surface area contributed by atoms with E-state index in [0.717, 1.165) is 22.4 Å². The van der Waals surface area contributed by atoms with Gasteiger partial charge in [0.25, 0.3) is 5.91 Å². The highest BCUT2D eigenvalue weighted by Crippen LogP contribution is 2.26. The van der Waals surface area contributed by atoms with E-state index in [1.165, 1.54) is 0 Å². The minimum absolute atomic E-state index is 0.246. The van der Waals surface area contributed by atoms with Crippen molar-refractivity contribution in [2.75, 3.05) is 5.32 Å². The molecule has 0 fully saturated rings. The molecule has 0 aliphatic carbocycles. The number of hydrogen-bond donors (Lipinski definition) is 1. The molecule has 0 saturated heterocycles. The molecule has 0 atom stereocenters. The van der Waals surface area contributed by atoms with E-state index < -0.39 is 0 Å². The average Bonchev–Trinajstić information content (AvgIpc) is 2.64. The van der Waals surface area contributed by atoms with Crippen LogP contribution in [0.5, 0.6) is 5.75 Å². The van der Waals surface area contributed by atoms with Crippen molar-refractivity contribution in [2.24, 2.45) is 0 Å². The van der Waals surface area contributed by atoms with Gasteiger partial charge >= 0.3 is 0 Å². The summed E-state index contributed by atoms with van der Waals surface area (Å²) in [6.07, 6.45) is 0. The topological polar surface area (TPSA) is 38.3 Å². The fraction of sp³-hybridized carbons (Fsp3) is 0.136. The van der Waals surface area contributed by atoms with E-state index in [4.69, 9.17) is 16.3 Å². The summed E-state index contributed by atoms with van der Waals surface area (Å²) in [7, 11) is 0. The Morgan fingerprint density at radius 3 is 2.54 bits per heavy atom. The van der Waals surface area contributed by atoms with Gasteiger partial charge in [0.1, 0.15) is 12.4 Å². The molecule has 0 aromatic heterocycles. The number of halogens is 1. The third-order valence-electron chi connectivity index (χ3n) is 4.06. The van der Waals surface area contributed by atoms with Crippen molar-refractivity contribution >= 4 is 23.2 Å². The number of hydrogen-bond acceptors (Lipinski definition) is 2. The Balaban J connectivity index is 1.82. The van der Waals surface area contributed by atoms with Crippen LogP contribution in [-0.4, -0.2) is 5.91 Å². The molecule has 0 saturated carbocycles. The molecule has 3 nitrogen and oxygen atoms in total. The molecule has 3 aromatic carbocycles. The van der Waals surface area contributed by atoms with Crippen molar-refractivity contribution in [3.05, 3.63) is 94.0 Å². The molecule has 26 heavy (non-hydrogen) atoms. The number of benzene rings is 3. The first-order valence-electron chi connectivity index (χ1n) is 8.38. The summed E-state index contributed by atoms with van der Waals surface area (Å²) < 4.78 is 5.87. The standard InChI is InChI=1S/C22H20ClNO2/c1-15-8-9-16(2)20(12-15)24-22(25)19-13-18(23)10-11-21(19)26-14-17-6-4-3-5-7-17/h3-13H,14H2,1-2H3,(H,24,25). The first kappa shape index (κ1) is 18.0. The molecule has 1 N–H and O–H groups in total. The van der Waals surface area contributed by atoms with E-state index >= 15 is 0 Å². The van der Waals surface area contributed by atoms with E-state index in [9.17, 15) is 4.79 Å². The number of ether oxygens (including phenoxy) is 1. The average molecular weight is 366 g/mol. The lowest BCUT2D eigenvalue weighted by Crippen LogP contribution is -2.14. The number of amides is 1. The van der Waals surface area contributed by atoms with Gasteiger partial charge in [-0.15, -0.1) is 0 Å². The van der Waals surface area contributed by atoms with Gasteiger partial charge in [-0.25, -0.2) is 0 Å². The van der Waals surface area contributed by atoms with Gasteiger partial charge in [-0.3, -0.25) is 4.79 Å². The maximum Gasteiger partial charge on any atom is 0.259 e. The fourth-order valence-electron chi connectivity index (χ4n) is 2.60. The van der Waals surface area contributed by atoms with Gasteiger partial charge in [-0.2, -0.15) is 0 Å². The van der Waals surface area contributed by atoms with Crippen molar-refractivity contribution < 1.29 is 9.53 Å². The summed E-state index contributed by atoms with van der Waals surface area (Å²) in [5.74, 6) is 0.255. The lowest BCUT2D eigenvalue weighted by molar-refractivity contribution is 0.102. The van der Waals surface area contributed by atoms with E-state index in [0.29, 0.717) is 22.9 Å². The predicted molar refractivity (Wildman–Crippen MR) is 106 cm³/mol. The third-order valence-corrected chi connectivity index (χ3v) is 4.30. The van der Waals surface area contributed by atoms with Crippen LogP contribution in [0.1, 0.15) is 27.0 Å². The van der Waals surface area contributed by atoms with E-state index in [-0.39, 0.29) is 5.91 Å². The molecule has 132 valence electrons. The molecule has 0 spiro atoms. The van der Waals surface area contributed by atoms with Crippen LogP contribution in [-0.2, 0) is 6.61 Å². The molecule has 3 aromatic rings. The van der Waals surface area contributed by atoms with Crippen LogP contribution >= 0.6 is 11.6 Å². The zero-order valence-electron chi connectivity index (χ0n) is 14.8. The third kappa shape index (κ3) is 4.44. The van der Waals surface area contributed by atoms with Crippen LogP contribution in [0.2, 0.25) is 5.02 Å². The Labute approximate surface area is 158 Å². The number of rotatable bonds is 5. The molecular weight excluding hydrogens is 346 g/mol. The van der Waals surface area contributed by atoms with E-state index in [1.807, 2.05) is 62.4 Å². The Hall–Kier alpha value is -2.78. The molecule has 0 unspecified atom stereocenters. The van der Waals surface area contributed by atoms with Gasteiger partial charge in [-0.05, 0) is 54.8 Å². The summed E-state index contributed by atoms with van der Waals surface area (Å²) >= 11 is 6.10. The van der Waals surface area contributed by atoms with Gasteiger partial charge in [0.05, 0.1) is 5.56 Å². The second-order valence-electron chi connectivity index (χ2n) is 6.19. The van der Waals surface area contributed by atoms with Crippen LogP contribution < -0.4 is 10.1 Å². The first-order chi connectivity index (χ1) is 12.5. The van der Waals surface area contributed by atoms with Crippen LogP contribution in [0, 0.1) is 13.8 Å². The van der Waals surface area contributed by atoms with Crippen LogP contribution in [0.15, 0.2) is 66.7 Å². The SMILES string of the molecule is Cc1ccc(C)c(NC(=O)c2cc(Cl)ccc2OCc2ccccc2)c1. The van der Waals surface area contributed by atoms with E-state index in [1.54, 1.807) is 18.2 Å². The van der Waals surface area contributed by atoms with Crippen molar-refractivity contribution in [2.45, 2.75) is 20.5 Å². The normalized spacial score (nSPS) is 10.4. The van der Waals surface area contributed by atoms with Gasteiger partial charge in [0.2, 0.25) is 0 Å². The lowest BCUT2D eigenvalue weighted by atomic mass is 10.1. The van der Waals surface area contributed by atoms with Crippen molar-refractivity contribution in [3.8, 4) is 5.75 Å². The molecule has 0 aliphatic rings. The number of carbonyl (C=O) groups excluding carboxylic acids is 1. The maximum atomic E-state index is 12.8. The smallest absolute Gasteiger partial charge is 0.259 e. The number of aryl methyl sites for hydroxylation is 2. The predicted octanol–water partition coefficient (Wildman–Crippen LogP) is 5.79. The van der Waals surface area contributed by atoms with E-state index in [2.05, 4.69) is 5.32 Å². The zero-order chi connectivity index (χ0) is 18.5. The minimum atomic E-state index is -0.246.